The van der Waals surface area contributed by atoms with Gasteiger partial charge < -0.3 is 0 Å². The summed E-state index contributed by atoms with van der Waals surface area (Å²) < 4.78 is 0. The first-order valence-corrected chi connectivity index (χ1v) is 7.46. The van der Waals surface area contributed by atoms with E-state index in [-0.39, 0.29) is 5.41 Å². The van der Waals surface area contributed by atoms with Crippen molar-refractivity contribution in [3.05, 3.63) is 11.1 Å². The second-order valence-corrected chi connectivity index (χ2v) is 7.49. The first-order valence-electron chi connectivity index (χ1n) is 7.46. The first kappa shape index (κ1) is 13.8. The van der Waals surface area contributed by atoms with Crippen LogP contribution >= 0.6 is 0 Å². The molecule has 18 heavy (non-hydrogen) atoms. The summed E-state index contributed by atoms with van der Waals surface area (Å²) in [7, 11) is 0. The lowest BCUT2D eigenvalue weighted by Gasteiger charge is -2.55. The Bertz CT molecular complexity index is 388. The van der Waals surface area contributed by atoms with Gasteiger partial charge in [-0.25, -0.2) is 0 Å². The third-order valence-corrected chi connectivity index (χ3v) is 5.67. The highest BCUT2D eigenvalue weighted by molar-refractivity contribution is 5.78. The molecule has 1 saturated carbocycles. The van der Waals surface area contributed by atoms with E-state index in [9.17, 15) is 4.79 Å². The van der Waals surface area contributed by atoms with E-state index in [1.807, 2.05) is 0 Å². The summed E-state index contributed by atoms with van der Waals surface area (Å²) in [5.41, 5.74) is 3.71. The third-order valence-electron chi connectivity index (χ3n) is 5.67. The Kier molecular flexibility index (Phi) is 3.46. The Labute approximate surface area is 112 Å². The van der Waals surface area contributed by atoms with Crippen molar-refractivity contribution in [2.75, 3.05) is 0 Å². The molecule has 0 aromatic heterocycles. The minimum atomic E-state index is 0.287. The van der Waals surface area contributed by atoms with E-state index in [2.05, 4.69) is 27.7 Å². The van der Waals surface area contributed by atoms with Gasteiger partial charge in [-0.3, -0.25) is 4.79 Å². The molecule has 0 aromatic carbocycles. The van der Waals surface area contributed by atoms with Crippen molar-refractivity contribution in [3.8, 4) is 0 Å². The first-order chi connectivity index (χ1) is 8.27. The number of carbonyl (C=O) groups excluding carboxylic acids is 1. The van der Waals surface area contributed by atoms with Crippen molar-refractivity contribution >= 4 is 5.78 Å². The molecule has 2 aliphatic rings. The fraction of sp³-hybridized carbons (Fsp3) is 0.824. The predicted molar refractivity (Wildman–Crippen MR) is 76.5 cm³/mol. The van der Waals surface area contributed by atoms with E-state index in [1.165, 1.54) is 43.3 Å². The Morgan fingerprint density at radius 3 is 2.56 bits per heavy atom. The normalized spacial score (nSPS) is 35.3. The highest BCUT2D eigenvalue weighted by atomic mass is 16.1. The van der Waals surface area contributed by atoms with Crippen LogP contribution in [0.1, 0.15) is 73.1 Å². The molecule has 1 nitrogen and oxygen atoms in total. The molecule has 2 rings (SSSR count). The molecule has 0 saturated heterocycles. The molecule has 0 aromatic rings. The Hall–Kier alpha value is -0.590. The molecular formula is C17H28O. The van der Waals surface area contributed by atoms with Crippen LogP contribution < -0.4 is 0 Å². The minimum absolute atomic E-state index is 0.287. The van der Waals surface area contributed by atoms with Crippen LogP contribution in [0.5, 0.6) is 0 Å². The van der Waals surface area contributed by atoms with Crippen molar-refractivity contribution in [3.63, 3.8) is 0 Å². The molecule has 1 heteroatoms. The average Bonchev–Trinajstić information content (AvgIpc) is 2.22. The van der Waals surface area contributed by atoms with Crippen LogP contribution in [0.3, 0.4) is 0 Å². The van der Waals surface area contributed by atoms with Gasteiger partial charge in [0.15, 0.2) is 0 Å². The maximum Gasteiger partial charge on any atom is 0.133 e. The highest BCUT2D eigenvalue weighted by Gasteiger charge is 2.49. The zero-order valence-electron chi connectivity index (χ0n) is 12.7. The summed E-state index contributed by atoms with van der Waals surface area (Å²) in [6, 6.07) is 0. The SMILES string of the molecule is CC(=O)CC1=C(C)CCC2C(C)(C)CCC[C@]12C. The number of fused-ring (bicyclic) bond motifs is 1. The second-order valence-electron chi connectivity index (χ2n) is 7.49. The lowest BCUT2D eigenvalue weighted by atomic mass is 9.50. The molecule has 1 unspecified atom stereocenters. The van der Waals surface area contributed by atoms with Crippen molar-refractivity contribution in [2.24, 2.45) is 16.7 Å². The Morgan fingerprint density at radius 2 is 1.94 bits per heavy atom. The number of rotatable bonds is 2. The lowest BCUT2D eigenvalue weighted by Crippen LogP contribution is -2.45. The Morgan fingerprint density at radius 1 is 1.28 bits per heavy atom. The smallest absolute Gasteiger partial charge is 0.133 e. The van der Waals surface area contributed by atoms with E-state index in [4.69, 9.17) is 0 Å². The zero-order valence-corrected chi connectivity index (χ0v) is 12.7. The average molecular weight is 248 g/mol. The number of carbonyl (C=O) groups is 1. The number of Topliss-reactive ketones (excluding diaryl/α,β-unsaturated/α-hetero) is 1. The van der Waals surface area contributed by atoms with Crippen molar-refractivity contribution in [1.82, 2.24) is 0 Å². The molecule has 0 aliphatic heterocycles. The minimum Gasteiger partial charge on any atom is -0.300 e. The van der Waals surface area contributed by atoms with Crippen LogP contribution in [0, 0.1) is 16.7 Å². The van der Waals surface area contributed by atoms with Crippen molar-refractivity contribution in [2.45, 2.75) is 73.1 Å². The maximum absolute atomic E-state index is 11.6. The van der Waals surface area contributed by atoms with E-state index in [0.717, 1.165) is 5.92 Å². The maximum atomic E-state index is 11.6. The number of hydrogen-bond acceptors (Lipinski definition) is 1. The monoisotopic (exact) mass is 248 g/mol. The molecule has 2 atom stereocenters. The number of ketones is 1. The predicted octanol–water partition coefficient (Wildman–Crippen LogP) is 4.91. The van der Waals surface area contributed by atoms with Gasteiger partial charge >= 0.3 is 0 Å². The fourth-order valence-electron chi connectivity index (χ4n) is 4.79. The molecule has 0 spiro atoms. The summed E-state index contributed by atoms with van der Waals surface area (Å²) in [4.78, 5) is 11.6. The van der Waals surface area contributed by atoms with E-state index in [1.54, 1.807) is 6.92 Å². The summed E-state index contributed by atoms with van der Waals surface area (Å²) in [6.45, 7) is 11.3. The Balaban J connectivity index is 2.41. The van der Waals surface area contributed by atoms with Crippen LogP contribution in [0.4, 0.5) is 0 Å². The second kappa shape index (κ2) is 4.51. The molecule has 0 N–H and O–H groups in total. The van der Waals surface area contributed by atoms with Gasteiger partial charge in [0, 0.05) is 6.42 Å². The van der Waals surface area contributed by atoms with Gasteiger partial charge in [-0.15, -0.1) is 0 Å². The van der Waals surface area contributed by atoms with E-state index < -0.39 is 0 Å². The molecule has 2 aliphatic carbocycles. The highest BCUT2D eigenvalue weighted by Crippen LogP contribution is 2.60. The zero-order chi connectivity index (χ0) is 13.6. The van der Waals surface area contributed by atoms with Gasteiger partial charge in [-0.1, -0.05) is 38.3 Å². The molecule has 0 radical (unpaired) electrons. The van der Waals surface area contributed by atoms with Gasteiger partial charge in [0.1, 0.15) is 5.78 Å². The van der Waals surface area contributed by atoms with Crippen LogP contribution in [0.2, 0.25) is 0 Å². The van der Waals surface area contributed by atoms with Gasteiger partial charge in [-0.2, -0.15) is 0 Å². The van der Waals surface area contributed by atoms with E-state index in [0.29, 0.717) is 17.6 Å². The number of hydrogen-bond donors (Lipinski definition) is 0. The van der Waals surface area contributed by atoms with Gasteiger partial charge in [0.25, 0.3) is 0 Å². The van der Waals surface area contributed by atoms with Crippen LogP contribution in [0.25, 0.3) is 0 Å². The van der Waals surface area contributed by atoms with Crippen LogP contribution in [-0.4, -0.2) is 5.78 Å². The van der Waals surface area contributed by atoms with Gasteiger partial charge in [0.05, 0.1) is 0 Å². The molecule has 0 heterocycles. The topological polar surface area (TPSA) is 17.1 Å². The summed E-state index contributed by atoms with van der Waals surface area (Å²) in [5, 5.41) is 0. The standard InChI is InChI=1S/C17H28O/c1-12-7-8-15-16(3,4)9-6-10-17(15,5)14(12)11-13(2)18/h15H,6-11H2,1-5H3/t15?,17-/m1/s1. The van der Waals surface area contributed by atoms with Crippen LogP contribution in [0.15, 0.2) is 11.1 Å². The van der Waals surface area contributed by atoms with Gasteiger partial charge in [-0.05, 0) is 56.3 Å². The van der Waals surface area contributed by atoms with Crippen molar-refractivity contribution in [1.29, 1.82) is 0 Å². The number of allylic oxidation sites excluding steroid dienone is 2. The molecular weight excluding hydrogens is 220 g/mol. The molecule has 1 fully saturated rings. The van der Waals surface area contributed by atoms with Crippen LogP contribution in [-0.2, 0) is 4.79 Å². The molecule has 0 bridgehead atoms. The summed E-state index contributed by atoms with van der Waals surface area (Å²) in [5.74, 6) is 1.09. The molecule has 0 amide bonds. The van der Waals surface area contributed by atoms with Gasteiger partial charge in [0.2, 0.25) is 0 Å². The largest absolute Gasteiger partial charge is 0.300 e. The third kappa shape index (κ3) is 2.17. The van der Waals surface area contributed by atoms with Crippen molar-refractivity contribution < 1.29 is 4.79 Å². The summed E-state index contributed by atoms with van der Waals surface area (Å²) >= 11 is 0. The quantitative estimate of drug-likeness (QED) is 0.635. The molecule has 102 valence electrons. The fourth-order valence-corrected chi connectivity index (χ4v) is 4.79. The van der Waals surface area contributed by atoms with E-state index >= 15 is 0 Å². The lowest BCUT2D eigenvalue weighted by molar-refractivity contribution is -0.117. The summed E-state index contributed by atoms with van der Waals surface area (Å²) in [6.07, 6.45) is 7.15.